The zero-order chi connectivity index (χ0) is 22.0. The summed E-state index contributed by atoms with van der Waals surface area (Å²) in [5, 5.41) is 0. The second-order valence-corrected chi connectivity index (χ2v) is 19.5. The third-order valence-electron chi connectivity index (χ3n) is 4.14. The van der Waals surface area contributed by atoms with Crippen molar-refractivity contribution in [2.75, 3.05) is 83.8 Å². The molecule has 0 heterocycles. The van der Waals surface area contributed by atoms with Gasteiger partial charge in [-0.25, -0.2) is 13.9 Å². The molecule has 11 heteroatoms. The molecule has 8 nitrogen and oxygen atoms in total. The molecule has 0 aromatic heterocycles. The molecule has 0 aliphatic carbocycles. The molecule has 0 radical (unpaired) electrons. The third kappa shape index (κ3) is 6.76. The van der Waals surface area contributed by atoms with E-state index in [-0.39, 0.29) is 5.54 Å². The molecular formula is C16H45N8P3. The van der Waals surface area contributed by atoms with Crippen molar-refractivity contribution in [1.82, 2.24) is 23.4 Å². The van der Waals surface area contributed by atoms with Crippen molar-refractivity contribution in [3.63, 3.8) is 0 Å². The van der Waals surface area contributed by atoms with Crippen LogP contribution in [-0.4, -0.2) is 113 Å². The molecule has 1 unspecified atom stereocenters. The van der Waals surface area contributed by atoms with E-state index in [1.54, 1.807) is 0 Å². The fourth-order valence-corrected chi connectivity index (χ4v) is 14.0. The molecule has 0 saturated carbocycles. The SMILES string of the molecule is CN(C)P(C)(C)=NP(=NC(C)(C)C)(N=P(N(C)C)(N(C)C)N(C)C)N(C)C. The monoisotopic (exact) mass is 442 g/mol. The van der Waals surface area contributed by atoms with Gasteiger partial charge in [-0.05, 0) is 105 Å². The van der Waals surface area contributed by atoms with Crippen LogP contribution in [0.2, 0.25) is 0 Å². The van der Waals surface area contributed by atoms with Gasteiger partial charge in [-0.3, -0.25) is 18.7 Å². The molecule has 0 fully saturated rings. The van der Waals surface area contributed by atoms with Gasteiger partial charge in [-0.15, -0.1) is 0 Å². The van der Waals surface area contributed by atoms with Gasteiger partial charge in [-0.2, -0.15) is 4.52 Å². The van der Waals surface area contributed by atoms with Crippen LogP contribution in [0.5, 0.6) is 0 Å². The summed E-state index contributed by atoms with van der Waals surface area (Å²) >= 11 is 0. The summed E-state index contributed by atoms with van der Waals surface area (Å²) in [7, 11) is 14.6. The van der Waals surface area contributed by atoms with Crippen LogP contribution in [0.3, 0.4) is 0 Å². The summed E-state index contributed by atoms with van der Waals surface area (Å²) < 4.78 is 27.4. The molecule has 0 saturated heterocycles. The number of hydrogen-bond acceptors (Lipinski definition) is 1. The molecule has 0 aromatic carbocycles. The summed E-state index contributed by atoms with van der Waals surface area (Å²) in [6.45, 7) is 10.9. The first-order valence-corrected chi connectivity index (χ1v) is 14.9. The quantitative estimate of drug-likeness (QED) is 0.527. The molecule has 0 bridgehead atoms. The van der Waals surface area contributed by atoms with Crippen molar-refractivity contribution in [3.8, 4) is 0 Å². The normalized spacial score (nSPS) is 16.4. The maximum absolute atomic E-state index is 5.58. The van der Waals surface area contributed by atoms with Crippen LogP contribution in [0.25, 0.3) is 0 Å². The summed E-state index contributed by atoms with van der Waals surface area (Å²) in [6, 6.07) is 0. The predicted molar refractivity (Wildman–Crippen MR) is 128 cm³/mol. The van der Waals surface area contributed by atoms with Crippen molar-refractivity contribution >= 4 is 22.2 Å². The maximum atomic E-state index is 5.58. The summed E-state index contributed by atoms with van der Waals surface area (Å²) in [5.41, 5.74) is -0.238. The van der Waals surface area contributed by atoms with E-state index >= 15 is 0 Å². The smallest absolute Gasteiger partial charge is 0.257 e. The van der Waals surface area contributed by atoms with Gasteiger partial charge in [0, 0.05) is 7.21 Å². The standard InChI is InChI=1S/C16H45N8P3/c1-16(2,3)17-26(21(6)7,18-25(14,15)20(4)5)19-27(22(8)9,23(10)11)24(12)13/h1-15H3. The van der Waals surface area contributed by atoms with Crippen LogP contribution < -0.4 is 0 Å². The van der Waals surface area contributed by atoms with Crippen molar-refractivity contribution in [1.29, 1.82) is 0 Å². The minimum absolute atomic E-state index is 0.238. The number of rotatable bonds is 7. The van der Waals surface area contributed by atoms with Crippen molar-refractivity contribution in [3.05, 3.63) is 0 Å². The fraction of sp³-hybridized carbons (Fsp3) is 1.00. The number of nitrogens with zero attached hydrogens (tertiary/aromatic N) is 8. The lowest BCUT2D eigenvalue weighted by Gasteiger charge is -2.43. The van der Waals surface area contributed by atoms with E-state index in [4.69, 9.17) is 13.8 Å². The minimum Gasteiger partial charge on any atom is -0.276 e. The average Bonchev–Trinajstić information content (AvgIpc) is 2.40. The second-order valence-electron chi connectivity index (χ2n) is 9.10. The van der Waals surface area contributed by atoms with E-state index in [0.29, 0.717) is 0 Å². The van der Waals surface area contributed by atoms with Crippen LogP contribution in [0.1, 0.15) is 20.8 Å². The Morgan fingerprint density at radius 1 is 0.556 bits per heavy atom. The molecule has 0 aliphatic rings. The van der Waals surface area contributed by atoms with Gasteiger partial charge in [-0.1, -0.05) is 0 Å². The maximum Gasteiger partial charge on any atom is 0.257 e. The van der Waals surface area contributed by atoms with E-state index in [2.05, 4.69) is 128 Å². The Labute approximate surface area is 169 Å². The van der Waals surface area contributed by atoms with Crippen LogP contribution in [0.4, 0.5) is 0 Å². The Morgan fingerprint density at radius 2 is 0.926 bits per heavy atom. The molecule has 0 N–H and O–H groups in total. The van der Waals surface area contributed by atoms with E-state index in [1.807, 2.05) is 0 Å². The van der Waals surface area contributed by atoms with Gasteiger partial charge in [0.25, 0.3) is 7.51 Å². The molecule has 0 aliphatic heterocycles. The van der Waals surface area contributed by atoms with Gasteiger partial charge in [0.15, 0.2) is 7.51 Å². The minimum atomic E-state index is -2.51. The lowest BCUT2D eigenvalue weighted by atomic mass is 10.1. The van der Waals surface area contributed by atoms with Gasteiger partial charge < -0.3 is 0 Å². The predicted octanol–water partition coefficient (Wildman–Crippen LogP) is 4.86. The molecule has 0 aromatic rings. The highest BCUT2D eigenvalue weighted by Gasteiger charge is 2.36. The largest absolute Gasteiger partial charge is 0.276 e. The summed E-state index contributed by atoms with van der Waals surface area (Å²) in [4.78, 5) is 0. The van der Waals surface area contributed by atoms with Crippen LogP contribution >= 0.6 is 22.2 Å². The third-order valence-corrected chi connectivity index (χ3v) is 15.9. The van der Waals surface area contributed by atoms with Crippen molar-refractivity contribution in [2.45, 2.75) is 26.3 Å². The van der Waals surface area contributed by atoms with E-state index < -0.39 is 22.2 Å². The molecule has 0 amide bonds. The summed E-state index contributed by atoms with van der Waals surface area (Å²) in [5.74, 6) is 0. The van der Waals surface area contributed by atoms with Crippen LogP contribution in [-0.2, 0) is 0 Å². The molecule has 0 spiro atoms. The Kier molecular flexibility index (Phi) is 9.71. The summed E-state index contributed by atoms with van der Waals surface area (Å²) in [6.07, 6.45) is 0. The fourth-order valence-electron chi connectivity index (χ4n) is 2.56. The zero-order valence-corrected chi connectivity index (χ0v) is 23.1. The Hall–Kier alpha value is 0.490. The first kappa shape index (κ1) is 27.5. The van der Waals surface area contributed by atoms with Gasteiger partial charge >= 0.3 is 0 Å². The highest BCUT2D eigenvalue weighted by atomic mass is 31.2. The van der Waals surface area contributed by atoms with E-state index in [9.17, 15) is 0 Å². The Bertz CT molecular complexity index is 623. The first-order chi connectivity index (χ1) is 11.8. The highest BCUT2D eigenvalue weighted by Crippen LogP contribution is 2.72. The van der Waals surface area contributed by atoms with Crippen molar-refractivity contribution < 1.29 is 0 Å². The van der Waals surface area contributed by atoms with Crippen molar-refractivity contribution in [2.24, 2.45) is 13.8 Å². The highest BCUT2D eigenvalue weighted by molar-refractivity contribution is 7.77. The topological polar surface area (TPSA) is 53.3 Å². The van der Waals surface area contributed by atoms with Gasteiger partial charge in [0.2, 0.25) is 0 Å². The number of hydrogen-bond donors (Lipinski definition) is 0. The lowest BCUT2D eigenvalue weighted by molar-refractivity contribution is 0.474. The van der Waals surface area contributed by atoms with Gasteiger partial charge in [0.1, 0.15) is 0 Å². The first-order valence-electron chi connectivity index (χ1n) is 9.09. The van der Waals surface area contributed by atoms with Gasteiger partial charge in [0.05, 0.1) is 5.54 Å². The van der Waals surface area contributed by atoms with E-state index in [0.717, 1.165) is 0 Å². The molecule has 1 atom stereocenters. The van der Waals surface area contributed by atoms with Crippen LogP contribution in [0, 0.1) is 0 Å². The van der Waals surface area contributed by atoms with E-state index in [1.165, 1.54) is 0 Å². The van der Waals surface area contributed by atoms with Crippen LogP contribution in [0.15, 0.2) is 13.8 Å². The molecule has 27 heavy (non-hydrogen) atoms. The Balaban J connectivity index is 7.62. The molecule has 164 valence electrons. The molecule has 0 rings (SSSR count). The molecular weight excluding hydrogens is 397 g/mol. The lowest BCUT2D eigenvalue weighted by Crippen LogP contribution is -2.31. The average molecular weight is 443 g/mol. The Morgan fingerprint density at radius 3 is 1.15 bits per heavy atom. The second kappa shape index (κ2) is 9.53. The zero-order valence-electron chi connectivity index (χ0n) is 20.4.